The average molecular weight is 246 g/mol. The second-order valence-electron chi connectivity index (χ2n) is 4.91. The summed E-state index contributed by atoms with van der Waals surface area (Å²) < 4.78 is 0. The first-order chi connectivity index (χ1) is 8.68. The van der Waals surface area contributed by atoms with Crippen LogP contribution in [-0.2, 0) is 4.79 Å². The minimum Gasteiger partial charge on any atom is -0.481 e. The highest BCUT2D eigenvalue weighted by molar-refractivity contribution is 5.93. The molecule has 18 heavy (non-hydrogen) atoms. The molecule has 1 aromatic rings. The number of nitrogens with zero attached hydrogens (tertiary/aromatic N) is 2. The van der Waals surface area contributed by atoms with E-state index in [1.54, 1.807) is 29.3 Å². The Kier molecular flexibility index (Phi) is 2.54. The standard InChI is InChI=1S/C13H14N2O3/c16-12(10-3-1-2-6-14-10)15-8-4-5-11(15)9(7-8)13(17)18/h1-3,6,8-9,11H,4-5,7H2,(H,17,18). The highest BCUT2D eigenvalue weighted by Gasteiger charge is 2.51. The van der Waals surface area contributed by atoms with Crippen LogP contribution >= 0.6 is 0 Å². The molecule has 0 aromatic carbocycles. The Balaban J connectivity index is 1.86. The number of hydrogen-bond donors (Lipinski definition) is 1. The predicted molar refractivity (Wildman–Crippen MR) is 63.0 cm³/mol. The fourth-order valence-electron chi connectivity index (χ4n) is 3.19. The highest BCUT2D eigenvalue weighted by atomic mass is 16.4. The summed E-state index contributed by atoms with van der Waals surface area (Å²) in [5.74, 6) is -1.33. The van der Waals surface area contributed by atoms with Crippen LogP contribution in [0.1, 0.15) is 29.8 Å². The van der Waals surface area contributed by atoms with E-state index in [2.05, 4.69) is 4.98 Å². The van der Waals surface area contributed by atoms with Crippen molar-refractivity contribution in [2.75, 3.05) is 0 Å². The summed E-state index contributed by atoms with van der Waals surface area (Å²) in [6.45, 7) is 0. The summed E-state index contributed by atoms with van der Waals surface area (Å²) in [5, 5.41) is 9.15. The fraction of sp³-hybridized carbons (Fsp3) is 0.462. The molecule has 94 valence electrons. The number of pyridine rings is 1. The van der Waals surface area contributed by atoms with Gasteiger partial charge in [-0.15, -0.1) is 0 Å². The second-order valence-corrected chi connectivity index (χ2v) is 4.91. The number of carboxylic acids is 1. The van der Waals surface area contributed by atoms with E-state index in [1.165, 1.54) is 0 Å². The maximum atomic E-state index is 12.3. The molecule has 1 aromatic heterocycles. The Morgan fingerprint density at radius 1 is 1.33 bits per heavy atom. The van der Waals surface area contributed by atoms with Crippen LogP contribution in [0.25, 0.3) is 0 Å². The van der Waals surface area contributed by atoms with Crippen molar-refractivity contribution in [2.45, 2.75) is 31.3 Å². The number of fused-ring (bicyclic) bond motifs is 2. The van der Waals surface area contributed by atoms with Gasteiger partial charge in [-0.3, -0.25) is 14.6 Å². The van der Waals surface area contributed by atoms with E-state index in [0.29, 0.717) is 12.1 Å². The van der Waals surface area contributed by atoms with E-state index in [0.717, 1.165) is 12.8 Å². The van der Waals surface area contributed by atoms with Crippen molar-refractivity contribution >= 4 is 11.9 Å². The lowest BCUT2D eigenvalue weighted by Gasteiger charge is -2.22. The molecular weight excluding hydrogens is 232 g/mol. The van der Waals surface area contributed by atoms with Gasteiger partial charge >= 0.3 is 5.97 Å². The van der Waals surface area contributed by atoms with Crippen LogP contribution in [0.2, 0.25) is 0 Å². The lowest BCUT2D eigenvalue weighted by atomic mass is 9.89. The van der Waals surface area contributed by atoms with Gasteiger partial charge in [0.05, 0.1) is 5.92 Å². The van der Waals surface area contributed by atoms with Gasteiger partial charge in [-0.2, -0.15) is 0 Å². The van der Waals surface area contributed by atoms with Crippen molar-refractivity contribution in [3.8, 4) is 0 Å². The molecule has 2 saturated heterocycles. The Morgan fingerprint density at radius 3 is 2.78 bits per heavy atom. The maximum Gasteiger partial charge on any atom is 0.308 e. The van der Waals surface area contributed by atoms with Crippen LogP contribution in [-0.4, -0.2) is 39.0 Å². The Morgan fingerprint density at radius 2 is 2.17 bits per heavy atom. The predicted octanol–water partition coefficient (Wildman–Crippen LogP) is 1.16. The smallest absolute Gasteiger partial charge is 0.308 e. The third-order valence-electron chi connectivity index (χ3n) is 3.97. The van der Waals surface area contributed by atoms with E-state index in [4.69, 9.17) is 5.11 Å². The molecule has 5 nitrogen and oxygen atoms in total. The molecule has 2 fully saturated rings. The molecule has 3 heterocycles. The third kappa shape index (κ3) is 1.58. The molecule has 0 aliphatic carbocycles. The van der Waals surface area contributed by atoms with Crippen LogP contribution in [0, 0.1) is 5.92 Å². The second kappa shape index (κ2) is 4.08. The lowest BCUT2D eigenvalue weighted by molar-refractivity contribution is -0.142. The molecule has 2 aliphatic rings. The summed E-state index contributed by atoms with van der Waals surface area (Å²) in [6, 6.07) is 5.13. The van der Waals surface area contributed by atoms with Gasteiger partial charge in [0.2, 0.25) is 0 Å². The molecule has 1 N–H and O–H groups in total. The van der Waals surface area contributed by atoms with E-state index >= 15 is 0 Å². The van der Waals surface area contributed by atoms with Gasteiger partial charge < -0.3 is 10.0 Å². The zero-order valence-corrected chi connectivity index (χ0v) is 9.82. The van der Waals surface area contributed by atoms with Crippen LogP contribution in [0.4, 0.5) is 0 Å². The Labute approximate surface area is 104 Å². The molecule has 3 atom stereocenters. The van der Waals surface area contributed by atoms with Crippen molar-refractivity contribution in [3.63, 3.8) is 0 Å². The molecule has 3 rings (SSSR count). The summed E-state index contributed by atoms with van der Waals surface area (Å²) in [5.41, 5.74) is 0.403. The van der Waals surface area contributed by atoms with E-state index in [-0.39, 0.29) is 18.0 Å². The monoisotopic (exact) mass is 246 g/mol. The van der Waals surface area contributed by atoms with Gasteiger partial charge in [-0.05, 0) is 31.4 Å². The molecular formula is C13H14N2O3. The minimum atomic E-state index is -0.791. The zero-order valence-electron chi connectivity index (χ0n) is 9.82. The SMILES string of the molecule is O=C(O)C1CC2CCC1N2C(=O)c1ccccn1. The number of carbonyl (C=O) groups excluding carboxylic acids is 1. The first-order valence-corrected chi connectivity index (χ1v) is 6.15. The number of hydrogen-bond acceptors (Lipinski definition) is 3. The highest BCUT2D eigenvalue weighted by Crippen LogP contribution is 2.42. The maximum absolute atomic E-state index is 12.3. The van der Waals surface area contributed by atoms with Crippen LogP contribution in [0.5, 0.6) is 0 Å². The number of carbonyl (C=O) groups is 2. The third-order valence-corrected chi connectivity index (χ3v) is 3.97. The Bertz CT molecular complexity index is 488. The fourth-order valence-corrected chi connectivity index (χ4v) is 3.19. The van der Waals surface area contributed by atoms with Crippen LogP contribution in [0.15, 0.2) is 24.4 Å². The summed E-state index contributed by atoms with van der Waals surface area (Å²) >= 11 is 0. The molecule has 3 unspecified atom stereocenters. The Hall–Kier alpha value is -1.91. The van der Waals surface area contributed by atoms with Gasteiger partial charge in [0, 0.05) is 18.3 Å². The van der Waals surface area contributed by atoms with Crippen molar-refractivity contribution in [3.05, 3.63) is 30.1 Å². The molecule has 2 aliphatic heterocycles. The quantitative estimate of drug-likeness (QED) is 0.850. The number of aromatic nitrogens is 1. The molecule has 2 bridgehead atoms. The van der Waals surface area contributed by atoms with Crippen molar-refractivity contribution in [2.24, 2.45) is 5.92 Å². The lowest BCUT2D eigenvalue weighted by Crippen LogP contribution is -2.38. The molecule has 0 saturated carbocycles. The van der Waals surface area contributed by atoms with Crippen molar-refractivity contribution in [1.82, 2.24) is 9.88 Å². The van der Waals surface area contributed by atoms with Gasteiger partial charge in [-0.1, -0.05) is 6.07 Å². The first-order valence-electron chi connectivity index (χ1n) is 6.15. The van der Waals surface area contributed by atoms with Gasteiger partial charge in [0.1, 0.15) is 5.69 Å². The molecule has 5 heteroatoms. The molecule has 0 radical (unpaired) electrons. The van der Waals surface area contributed by atoms with E-state index in [1.807, 2.05) is 0 Å². The van der Waals surface area contributed by atoms with Crippen LogP contribution in [0.3, 0.4) is 0 Å². The van der Waals surface area contributed by atoms with Crippen LogP contribution < -0.4 is 0 Å². The number of rotatable bonds is 2. The van der Waals surface area contributed by atoms with Crippen molar-refractivity contribution < 1.29 is 14.7 Å². The van der Waals surface area contributed by atoms with Gasteiger partial charge in [0.25, 0.3) is 5.91 Å². The average Bonchev–Trinajstić information content (AvgIpc) is 2.96. The summed E-state index contributed by atoms with van der Waals surface area (Å²) in [7, 11) is 0. The van der Waals surface area contributed by atoms with Crippen molar-refractivity contribution in [1.29, 1.82) is 0 Å². The normalized spacial score (nSPS) is 29.6. The number of amides is 1. The number of carboxylic acid groups (broad SMARTS) is 1. The largest absolute Gasteiger partial charge is 0.481 e. The molecule has 0 spiro atoms. The van der Waals surface area contributed by atoms with Gasteiger partial charge in [-0.25, -0.2) is 0 Å². The number of aliphatic carboxylic acids is 1. The molecule has 1 amide bonds. The summed E-state index contributed by atoms with van der Waals surface area (Å²) in [6.07, 6.45) is 3.87. The summed E-state index contributed by atoms with van der Waals surface area (Å²) in [4.78, 5) is 29.3. The first kappa shape index (κ1) is 11.2. The van der Waals surface area contributed by atoms with E-state index in [9.17, 15) is 9.59 Å². The minimum absolute atomic E-state index is 0.0746. The topological polar surface area (TPSA) is 70.5 Å². The zero-order chi connectivity index (χ0) is 12.7. The van der Waals surface area contributed by atoms with E-state index < -0.39 is 11.9 Å². The van der Waals surface area contributed by atoms with Gasteiger partial charge in [0.15, 0.2) is 0 Å².